The molecule has 0 fully saturated rings. The number of carbonyl (C=O) groups is 1. The van der Waals surface area contributed by atoms with E-state index in [1.165, 1.54) is 6.21 Å². The maximum atomic E-state index is 11.7. The van der Waals surface area contributed by atoms with Crippen molar-refractivity contribution < 1.29 is 4.79 Å². The van der Waals surface area contributed by atoms with Crippen LogP contribution in [0.3, 0.4) is 0 Å². The minimum Gasteiger partial charge on any atom is -0.356 e. The molecule has 1 heterocycles. The van der Waals surface area contributed by atoms with Gasteiger partial charge in [0, 0.05) is 16.2 Å². The Morgan fingerprint density at radius 2 is 2.05 bits per heavy atom. The molecular weight excluding hydrogens is 353 g/mol. The Balaban J connectivity index is 2.06. The van der Waals surface area contributed by atoms with Crippen molar-refractivity contribution in [2.24, 2.45) is 5.10 Å². The zero-order valence-electron chi connectivity index (χ0n) is 9.45. The largest absolute Gasteiger partial charge is 0.356 e. The first kappa shape index (κ1) is 14.1. The van der Waals surface area contributed by atoms with E-state index in [1.54, 1.807) is 30.5 Å². The van der Waals surface area contributed by atoms with Crippen LogP contribution >= 0.6 is 39.1 Å². The summed E-state index contributed by atoms with van der Waals surface area (Å²) >= 11 is 15.2. The van der Waals surface area contributed by atoms with Crippen LogP contribution < -0.4 is 5.43 Å². The van der Waals surface area contributed by atoms with Crippen LogP contribution in [0, 0.1) is 0 Å². The van der Waals surface area contributed by atoms with E-state index in [2.05, 4.69) is 31.4 Å². The lowest BCUT2D eigenvalue weighted by Gasteiger charge is -2.00. The molecule has 0 saturated carbocycles. The smallest absolute Gasteiger partial charge is 0.287 e. The summed E-state index contributed by atoms with van der Waals surface area (Å²) in [4.78, 5) is 14.5. The van der Waals surface area contributed by atoms with Gasteiger partial charge < -0.3 is 4.98 Å². The molecular formula is C12H8BrCl2N3O. The molecule has 1 aromatic carbocycles. The predicted molar refractivity (Wildman–Crippen MR) is 80.0 cm³/mol. The van der Waals surface area contributed by atoms with Crippen molar-refractivity contribution in [3.63, 3.8) is 0 Å². The second kappa shape index (κ2) is 6.23. The number of rotatable bonds is 3. The van der Waals surface area contributed by atoms with E-state index in [4.69, 9.17) is 23.2 Å². The van der Waals surface area contributed by atoms with Crippen molar-refractivity contribution >= 4 is 51.3 Å². The molecule has 2 rings (SSSR count). The number of nitrogens with one attached hydrogen (secondary N) is 2. The average Bonchev–Trinajstić information content (AvgIpc) is 2.79. The van der Waals surface area contributed by atoms with E-state index in [0.29, 0.717) is 21.3 Å². The molecule has 0 radical (unpaired) electrons. The summed E-state index contributed by atoms with van der Waals surface area (Å²) in [5, 5.41) is 4.75. The van der Waals surface area contributed by atoms with Gasteiger partial charge in [-0.05, 0) is 34.1 Å². The average molecular weight is 361 g/mol. The number of aromatic amines is 1. The summed E-state index contributed by atoms with van der Waals surface area (Å²) in [6.07, 6.45) is 3.06. The molecule has 2 aromatic rings. The van der Waals surface area contributed by atoms with Gasteiger partial charge in [-0.1, -0.05) is 29.3 Å². The first-order valence-electron chi connectivity index (χ1n) is 5.19. The van der Waals surface area contributed by atoms with E-state index >= 15 is 0 Å². The fourth-order valence-corrected chi connectivity index (χ4v) is 2.19. The van der Waals surface area contributed by atoms with Crippen LogP contribution in [0.5, 0.6) is 0 Å². The Morgan fingerprint density at radius 1 is 1.37 bits per heavy atom. The number of hydrogen-bond donors (Lipinski definition) is 2. The molecule has 0 aliphatic carbocycles. The van der Waals surface area contributed by atoms with Crippen molar-refractivity contribution in [1.29, 1.82) is 0 Å². The minimum atomic E-state index is -0.356. The second-order valence-electron chi connectivity index (χ2n) is 3.57. The van der Waals surface area contributed by atoms with E-state index in [0.717, 1.165) is 4.47 Å². The van der Waals surface area contributed by atoms with Crippen molar-refractivity contribution in [3.05, 3.63) is 56.2 Å². The lowest BCUT2D eigenvalue weighted by molar-refractivity contribution is 0.0951. The van der Waals surface area contributed by atoms with Crippen molar-refractivity contribution in [2.45, 2.75) is 0 Å². The normalized spacial score (nSPS) is 10.9. The van der Waals surface area contributed by atoms with Gasteiger partial charge in [-0.25, -0.2) is 5.43 Å². The molecule has 98 valence electrons. The maximum absolute atomic E-state index is 11.7. The number of nitrogens with zero attached hydrogens (tertiary/aromatic N) is 1. The van der Waals surface area contributed by atoms with Crippen molar-refractivity contribution in [2.75, 3.05) is 0 Å². The molecule has 0 saturated heterocycles. The first-order valence-corrected chi connectivity index (χ1v) is 6.74. The standard InChI is InChI=1S/C12H8BrCl2N3O/c13-7-4-11(16-5-7)12(19)18-17-6-8-9(14)2-1-3-10(8)15/h1-6,16H,(H,18,19)/b17-6-. The molecule has 0 spiro atoms. The van der Waals surface area contributed by atoms with E-state index in [9.17, 15) is 4.79 Å². The number of benzene rings is 1. The van der Waals surface area contributed by atoms with Gasteiger partial charge in [0.05, 0.1) is 16.3 Å². The highest BCUT2D eigenvalue weighted by Crippen LogP contribution is 2.22. The zero-order chi connectivity index (χ0) is 13.8. The molecule has 0 bridgehead atoms. The number of H-pyrrole nitrogens is 1. The zero-order valence-corrected chi connectivity index (χ0v) is 12.6. The minimum absolute atomic E-state index is 0.356. The maximum Gasteiger partial charge on any atom is 0.287 e. The Morgan fingerprint density at radius 3 is 2.63 bits per heavy atom. The lowest BCUT2D eigenvalue weighted by Crippen LogP contribution is -2.17. The van der Waals surface area contributed by atoms with Gasteiger partial charge in [-0.2, -0.15) is 5.10 Å². The molecule has 7 heteroatoms. The van der Waals surface area contributed by atoms with Crippen LogP contribution in [0.15, 0.2) is 40.0 Å². The highest BCUT2D eigenvalue weighted by molar-refractivity contribution is 9.10. The molecule has 19 heavy (non-hydrogen) atoms. The number of hydrazone groups is 1. The molecule has 0 aliphatic rings. The fourth-order valence-electron chi connectivity index (χ4n) is 1.35. The number of amides is 1. The van der Waals surface area contributed by atoms with Crippen LogP contribution in [-0.4, -0.2) is 17.1 Å². The molecule has 4 nitrogen and oxygen atoms in total. The Hall–Kier alpha value is -1.30. The molecule has 1 aromatic heterocycles. The number of hydrogen-bond acceptors (Lipinski definition) is 2. The van der Waals surface area contributed by atoms with Gasteiger partial charge in [0.2, 0.25) is 0 Å². The van der Waals surface area contributed by atoms with Crippen LogP contribution in [0.2, 0.25) is 10.0 Å². The Bertz CT molecular complexity index is 619. The monoisotopic (exact) mass is 359 g/mol. The third-order valence-corrected chi connectivity index (χ3v) is 3.37. The summed E-state index contributed by atoms with van der Waals surface area (Å²) < 4.78 is 0.788. The molecule has 0 atom stereocenters. The van der Waals surface area contributed by atoms with Gasteiger partial charge in [0.1, 0.15) is 5.69 Å². The quantitative estimate of drug-likeness (QED) is 0.633. The van der Waals surface area contributed by atoms with Gasteiger partial charge >= 0.3 is 0 Å². The summed E-state index contributed by atoms with van der Waals surface area (Å²) in [6, 6.07) is 6.77. The second-order valence-corrected chi connectivity index (χ2v) is 5.30. The predicted octanol–water partition coefficient (Wildman–Crippen LogP) is 3.85. The summed E-state index contributed by atoms with van der Waals surface area (Å²) in [6.45, 7) is 0. The number of aromatic nitrogens is 1. The van der Waals surface area contributed by atoms with Gasteiger partial charge in [-0.15, -0.1) is 0 Å². The Kier molecular flexibility index (Phi) is 4.63. The van der Waals surface area contributed by atoms with Crippen LogP contribution in [0.4, 0.5) is 0 Å². The fraction of sp³-hybridized carbons (Fsp3) is 0. The number of halogens is 3. The van der Waals surface area contributed by atoms with E-state index in [1.807, 2.05) is 0 Å². The third kappa shape index (κ3) is 3.59. The molecule has 2 N–H and O–H groups in total. The lowest BCUT2D eigenvalue weighted by atomic mass is 10.2. The highest BCUT2D eigenvalue weighted by Gasteiger charge is 2.06. The topological polar surface area (TPSA) is 57.2 Å². The van der Waals surface area contributed by atoms with Gasteiger partial charge in [0.25, 0.3) is 5.91 Å². The highest BCUT2D eigenvalue weighted by atomic mass is 79.9. The van der Waals surface area contributed by atoms with Crippen molar-refractivity contribution in [1.82, 2.24) is 10.4 Å². The molecule has 0 unspecified atom stereocenters. The molecule has 0 aliphatic heterocycles. The van der Waals surface area contributed by atoms with E-state index < -0.39 is 0 Å². The van der Waals surface area contributed by atoms with Gasteiger partial charge in [0.15, 0.2) is 0 Å². The van der Waals surface area contributed by atoms with Crippen molar-refractivity contribution in [3.8, 4) is 0 Å². The summed E-state index contributed by atoms with van der Waals surface area (Å²) in [7, 11) is 0. The van der Waals surface area contributed by atoms with Crippen LogP contribution in [-0.2, 0) is 0 Å². The molecule has 1 amide bonds. The van der Waals surface area contributed by atoms with E-state index in [-0.39, 0.29) is 5.91 Å². The first-order chi connectivity index (χ1) is 9.08. The Labute approximate surface area is 127 Å². The van der Waals surface area contributed by atoms with Crippen LogP contribution in [0.1, 0.15) is 16.1 Å². The third-order valence-electron chi connectivity index (χ3n) is 2.25. The van der Waals surface area contributed by atoms with Gasteiger partial charge in [-0.3, -0.25) is 4.79 Å². The number of carbonyl (C=O) groups excluding carboxylic acids is 1. The summed E-state index contributed by atoms with van der Waals surface area (Å²) in [5.41, 5.74) is 3.33. The SMILES string of the molecule is O=C(N/N=C\c1c(Cl)cccc1Cl)c1cc(Br)c[nH]1. The summed E-state index contributed by atoms with van der Waals surface area (Å²) in [5.74, 6) is -0.356. The van der Waals surface area contributed by atoms with Crippen LogP contribution in [0.25, 0.3) is 0 Å².